The Morgan fingerprint density at radius 3 is 2.82 bits per heavy atom. The first-order chi connectivity index (χ1) is 8.11. The number of nitrogens with two attached hydrogens (primary N) is 1. The summed E-state index contributed by atoms with van der Waals surface area (Å²) < 4.78 is 0. The molecule has 0 aliphatic carbocycles. The Morgan fingerprint density at radius 1 is 1.41 bits per heavy atom. The summed E-state index contributed by atoms with van der Waals surface area (Å²) in [6.45, 7) is 1.30. The van der Waals surface area contributed by atoms with Crippen LogP contribution in [0.3, 0.4) is 0 Å². The van der Waals surface area contributed by atoms with Gasteiger partial charge in [0, 0.05) is 13.0 Å². The van der Waals surface area contributed by atoms with Gasteiger partial charge in [0.2, 0.25) is 5.91 Å². The molecule has 0 atom stereocenters. The predicted octanol–water partition coefficient (Wildman–Crippen LogP) is 1.19. The molecule has 0 saturated carbocycles. The molecule has 17 heavy (non-hydrogen) atoms. The predicted molar refractivity (Wildman–Crippen MR) is 66.0 cm³/mol. The van der Waals surface area contributed by atoms with Crippen LogP contribution in [-0.2, 0) is 11.3 Å². The van der Waals surface area contributed by atoms with Crippen LogP contribution < -0.4 is 11.1 Å². The summed E-state index contributed by atoms with van der Waals surface area (Å²) >= 11 is 1.23. The molecule has 1 amide bonds. The molecule has 1 rings (SSSR count). The van der Waals surface area contributed by atoms with Gasteiger partial charge >= 0.3 is 5.97 Å². The Hall–Kier alpha value is -1.40. The van der Waals surface area contributed by atoms with Crippen molar-refractivity contribution in [2.75, 3.05) is 6.54 Å². The molecule has 5 nitrogen and oxygen atoms in total. The first-order valence-electron chi connectivity index (χ1n) is 5.40. The highest BCUT2D eigenvalue weighted by molar-refractivity contribution is 7.12. The number of carboxylic acid groups (broad SMARTS) is 1. The standard InChI is InChI=1S/C11H16N2O3S/c12-9(14)3-1-2-5-13-7-8-4-6-17-10(8)11(15)16/h4,6,13H,1-3,5,7H2,(H2,12,14)(H,15,16). The van der Waals surface area contributed by atoms with Crippen molar-refractivity contribution in [2.24, 2.45) is 5.73 Å². The number of aromatic carboxylic acids is 1. The lowest BCUT2D eigenvalue weighted by molar-refractivity contribution is -0.118. The van der Waals surface area contributed by atoms with Crippen molar-refractivity contribution < 1.29 is 14.7 Å². The van der Waals surface area contributed by atoms with Crippen molar-refractivity contribution in [3.05, 3.63) is 21.9 Å². The first kappa shape index (κ1) is 13.7. The number of primary amides is 1. The van der Waals surface area contributed by atoms with Crippen LogP contribution in [-0.4, -0.2) is 23.5 Å². The van der Waals surface area contributed by atoms with E-state index in [1.165, 1.54) is 11.3 Å². The van der Waals surface area contributed by atoms with E-state index in [1.54, 1.807) is 5.38 Å². The molecule has 1 aromatic rings. The molecule has 0 aliphatic rings. The van der Waals surface area contributed by atoms with Crippen LogP contribution in [0.15, 0.2) is 11.4 Å². The maximum Gasteiger partial charge on any atom is 0.346 e. The van der Waals surface area contributed by atoms with Gasteiger partial charge in [0.25, 0.3) is 0 Å². The zero-order chi connectivity index (χ0) is 12.7. The Bertz CT molecular complexity index is 390. The van der Waals surface area contributed by atoms with Crippen LogP contribution in [0.2, 0.25) is 0 Å². The van der Waals surface area contributed by atoms with Gasteiger partial charge in [0.05, 0.1) is 0 Å². The van der Waals surface area contributed by atoms with Crippen LogP contribution in [0.25, 0.3) is 0 Å². The van der Waals surface area contributed by atoms with Gasteiger partial charge < -0.3 is 16.2 Å². The SMILES string of the molecule is NC(=O)CCCCNCc1ccsc1C(=O)O. The average molecular weight is 256 g/mol. The number of hydrogen-bond acceptors (Lipinski definition) is 4. The fourth-order valence-electron chi connectivity index (χ4n) is 1.43. The van der Waals surface area contributed by atoms with Crippen LogP contribution in [0, 0.1) is 0 Å². The third kappa shape index (κ3) is 4.97. The van der Waals surface area contributed by atoms with E-state index in [0.29, 0.717) is 17.8 Å². The van der Waals surface area contributed by atoms with Gasteiger partial charge in [-0.25, -0.2) is 4.79 Å². The van der Waals surface area contributed by atoms with E-state index < -0.39 is 5.97 Å². The van der Waals surface area contributed by atoms with Gasteiger partial charge in [-0.2, -0.15) is 0 Å². The minimum Gasteiger partial charge on any atom is -0.477 e. The number of carboxylic acids is 1. The molecular formula is C11H16N2O3S. The summed E-state index contributed by atoms with van der Waals surface area (Å²) in [5, 5.41) is 13.8. The molecule has 4 N–H and O–H groups in total. The van der Waals surface area contributed by atoms with Gasteiger partial charge in [-0.15, -0.1) is 11.3 Å². The lowest BCUT2D eigenvalue weighted by Gasteiger charge is -2.03. The van der Waals surface area contributed by atoms with Gasteiger partial charge in [-0.3, -0.25) is 4.79 Å². The van der Waals surface area contributed by atoms with E-state index in [2.05, 4.69) is 5.32 Å². The molecule has 0 aromatic carbocycles. The lowest BCUT2D eigenvalue weighted by Crippen LogP contribution is -2.17. The Labute approximate surface area is 104 Å². The summed E-state index contributed by atoms with van der Waals surface area (Å²) in [5.41, 5.74) is 5.82. The molecular weight excluding hydrogens is 240 g/mol. The highest BCUT2D eigenvalue weighted by Gasteiger charge is 2.10. The summed E-state index contributed by atoms with van der Waals surface area (Å²) in [4.78, 5) is 21.7. The van der Waals surface area contributed by atoms with Crippen LogP contribution in [0.1, 0.15) is 34.5 Å². The number of carbonyl (C=O) groups is 2. The Balaban J connectivity index is 2.20. The first-order valence-corrected chi connectivity index (χ1v) is 6.28. The Morgan fingerprint density at radius 2 is 2.18 bits per heavy atom. The second kappa shape index (κ2) is 7.03. The quantitative estimate of drug-likeness (QED) is 0.609. The number of thiophene rings is 1. The Kier molecular flexibility index (Phi) is 5.65. The molecule has 0 unspecified atom stereocenters. The van der Waals surface area contributed by atoms with Gasteiger partial charge in [0.15, 0.2) is 0 Å². The maximum atomic E-state index is 10.8. The molecule has 0 saturated heterocycles. The van der Waals surface area contributed by atoms with Crippen molar-refractivity contribution in [2.45, 2.75) is 25.8 Å². The van der Waals surface area contributed by atoms with Crippen LogP contribution in [0.5, 0.6) is 0 Å². The third-order valence-electron chi connectivity index (χ3n) is 2.28. The molecule has 1 heterocycles. The van der Waals surface area contributed by atoms with Crippen molar-refractivity contribution in [1.29, 1.82) is 0 Å². The van der Waals surface area contributed by atoms with Crippen molar-refractivity contribution in [1.82, 2.24) is 5.32 Å². The summed E-state index contributed by atoms with van der Waals surface area (Å²) in [6, 6.07) is 1.81. The normalized spacial score (nSPS) is 10.4. The number of nitrogens with one attached hydrogen (secondary N) is 1. The van der Waals surface area contributed by atoms with Gasteiger partial charge in [-0.05, 0) is 36.4 Å². The van der Waals surface area contributed by atoms with E-state index in [4.69, 9.17) is 10.8 Å². The smallest absolute Gasteiger partial charge is 0.346 e. The summed E-state index contributed by atoms with van der Waals surface area (Å²) in [6.07, 6.45) is 2.02. The highest BCUT2D eigenvalue weighted by atomic mass is 32.1. The number of amides is 1. The number of rotatable bonds is 8. The molecule has 0 bridgehead atoms. The second-order valence-electron chi connectivity index (χ2n) is 3.68. The molecule has 0 aliphatic heterocycles. The molecule has 0 spiro atoms. The van der Waals surface area contributed by atoms with Crippen molar-refractivity contribution >= 4 is 23.2 Å². The lowest BCUT2D eigenvalue weighted by atomic mass is 10.2. The van der Waals surface area contributed by atoms with Gasteiger partial charge in [-0.1, -0.05) is 0 Å². The number of hydrogen-bond donors (Lipinski definition) is 3. The van der Waals surface area contributed by atoms with Crippen molar-refractivity contribution in [3.63, 3.8) is 0 Å². The van der Waals surface area contributed by atoms with Crippen LogP contribution in [0.4, 0.5) is 0 Å². The van der Waals surface area contributed by atoms with Crippen LogP contribution >= 0.6 is 11.3 Å². The van der Waals surface area contributed by atoms with E-state index in [9.17, 15) is 9.59 Å². The molecule has 0 radical (unpaired) electrons. The third-order valence-corrected chi connectivity index (χ3v) is 3.23. The van der Waals surface area contributed by atoms with E-state index in [1.807, 2.05) is 6.07 Å². The fraction of sp³-hybridized carbons (Fsp3) is 0.455. The zero-order valence-electron chi connectivity index (χ0n) is 9.44. The maximum absolute atomic E-state index is 10.8. The zero-order valence-corrected chi connectivity index (χ0v) is 10.3. The van der Waals surface area contributed by atoms with E-state index >= 15 is 0 Å². The monoisotopic (exact) mass is 256 g/mol. The molecule has 0 fully saturated rings. The minimum absolute atomic E-state index is 0.281. The number of unbranched alkanes of at least 4 members (excludes halogenated alkanes) is 1. The second-order valence-corrected chi connectivity index (χ2v) is 4.60. The topological polar surface area (TPSA) is 92.4 Å². The number of carbonyl (C=O) groups excluding carboxylic acids is 1. The van der Waals surface area contributed by atoms with Gasteiger partial charge in [0.1, 0.15) is 4.88 Å². The minimum atomic E-state index is -0.884. The van der Waals surface area contributed by atoms with E-state index in [0.717, 1.165) is 24.9 Å². The largest absolute Gasteiger partial charge is 0.477 e. The summed E-state index contributed by atoms with van der Waals surface area (Å²) in [5.74, 6) is -1.17. The average Bonchev–Trinajstić information content (AvgIpc) is 2.71. The highest BCUT2D eigenvalue weighted by Crippen LogP contribution is 2.16. The molecule has 94 valence electrons. The van der Waals surface area contributed by atoms with Crippen molar-refractivity contribution in [3.8, 4) is 0 Å². The van der Waals surface area contributed by atoms with E-state index in [-0.39, 0.29) is 5.91 Å². The molecule has 1 aromatic heterocycles. The molecule has 6 heteroatoms. The fourth-order valence-corrected chi connectivity index (χ4v) is 2.20. The summed E-state index contributed by atoms with van der Waals surface area (Å²) in [7, 11) is 0.